The van der Waals surface area contributed by atoms with E-state index in [1.165, 1.54) is 20.3 Å². The Morgan fingerprint density at radius 3 is 2.42 bits per heavy atom. The van der Waals surface area contributed by atoms with Crippen LogP contribution in [0.3, 0.4) is 0 Å². The maximum Gasteiger partial charge on any atom is 0.232 e. The molecule has 1 saturated carbocycles. The van der Waals surface area contributed by atoms with E-state index < -0.39 is 11.4 Å². The number of carbonyl (C=O) groups is 2. The number of methoxy groups -OCH3 is 3. The maximum atomic E-state index is 13.2. The highest BCUT2D eigenvalue weighted by molar-refractivity contribution is 6.36. The summed E-state index contributed by atoms with van der Waals surface area (Å²) in [6.07, 6.45) is 0.446. The number of ether oxygens (including phenoxy) is 4. The molecule has 6 nitrogen and oxygen atoms in total. The molecule has 3 unspecified atom stereocenters. The van der Waals surface area contributed by atoms with Gasteiger partial charge < -0.3 is 18.9 Å². The first kappa shape index (κ1) is 17.0. The topological polar surface area (TPSA) is 71.1 Å². The molecule has 1 fully saturated rings. The van der Waals surface area contributed by atoms with Gasteiger partial charge in [0.1, 0.15) is 22.1 Å². The second-order valence-electron chi connectivity index (χ2n) is 6.09. The van der Waals surface area contributed by atoms with Crippen LogP contribution < -0.4 is 14.2 Å². The zero-order valence-electron chi connectivity index (χ0n) is 14.0. The van der Waals surface area contributed by atoms with E-state index in [9.17, 15) is 9.59 Å². The van der Waals surface area contributed by atoms with Gasteiger partial charge in [-0.1, -0.05) is 18.5 Å². The first-order valence-corrected chi connectivity index (χ1v) is 8.02. The van der Waals surface area contributed by atoms with Crippen molar-refractivity contribution < 1.29 is 28.5 Å². The number of benzene rings is 1. The number of fused-ring (bicyclic) bond motifs is 1. The molecule has 0 bridgehead atoms. The minimum Gasteiger partial charge on any atom is -0.496 e. The van der Waals surface area contributed by atoms with Crippen molar-refractivity contribution in [2.75, 3.05) is 21.3 Å². The monoisotopic (exact) mass is 354 g/mol. The van der Waals surface area contributed by atoms with Gasteiger partial charge in [0, 0.05) is 25.5 Å². The molecule has 1 aliphatic heterocycles. The summed E-state index contributed by atoms with van der Waals surface area (Å²) >= 11 is 6.31. The average molecular weight is 355 g/mol. The molecule has 0 radical (unpaired) electrons. The van der Waals surface area contributed by atoms with Crippen molar-refractivity contribution in [2.24, 2.45) is 5.92 Å². The molecule has 0 amide bonds. The standard InChI is InChI=1S/C17H19ClO6/c1-8-5-9(21-2)6-12(19)17(8)16(20)13-10(22-3)7-11(23-4)14(18)15(13)24-17/h7-9H,5-6H2,1-4H3. The van der Waals surface area contributed by atoms with Gasteiger partial charge in [-0.05, 0) is 6.42 Å². The fourth-order valence-corrected chi connectivity index (χ4v) is 3.83. The highest BCUT2D eigenvalue weighted by Crippen LogP contribution is 2.53. The Balaban J connectivity index is 2.14. The van der Waals surface area contributed by atoms with Crippen molar-refractivity contribution in [1.29, 1.82) is 0 Å². The van der Waals surface area contributed by atoms with Crippen LogP contribution in [0, 0.1) is 5.92 Å². The smallest absolute Gasteiger partial charge is 0.232 e. The molecule has 0 saturated heterocycles. The lowest BCUT2D eigenvalue weighted by Crippen LogP contribution is -2.58. The van der Waals surface area contributed by atoms with Crippen LogP contribution in [0.4, 0.5) is 0 Å². The van der Waals surface area contributed by atoms with E-state index in [2.05, 4.69) is 0 Å². The molecule has 7 heteroatoms. The van der Waals surface area contributed by atoms with E-state index in [1.54, 1.807) is 7.11 Å². The fraction of sp³-hybridized carbons (Fsp3) is 0.529. The maximum absolute atomic E-state index is 13.2. The molecule has 1 aliphatic carbocycles. The summed E-state index contributed by atoms with van der Waals surface area (Å²) < 4.78 is 21.7. The molecule has 1 aromatic carbocycles. The number of rotatable bonds is 3. The minimum atomic E-state index is -1.57. The van der Waals surface area contributed by atoms with Crippen LogP contribution in [-0.2, 0) is 9.53 Å². The Labute approximate surface area is 145 Å². The van der Waals surface area contributed by atoms with E-state index in [0.717, 1.165) is 0 Å². The van der Waals surface area contributed by atoms with Gasteiger partial charge in [-0.15, -0.1) is 0 Å². The number of carbonyl (C=O) groups excluding carboxylic acids is 2. The van der Waals surface area contributed by atoms with Crippen molar-refractivity contribution >= 4 is 23.2 Å². The third-order valence-electron chi connectivity index (χ3n) is 4.89. The number of ketones is 2. The van der Waals surface area contributed by atoms with Crippen molar-refractivity contribution in [3.05, 3.63) is 16.7 Å². The molecule has 0 aromatic heterocycles. The molecule has 0 N–H and O–H groups in total. The Bertz CT molecular complexity index is 716. The van der Waals surface area contributed by atoms with E-state index >= 15 is 0 Å². The zero-order valence-corrected chi connectivity index (χ0v) is 14.7. The second-order valence-corrected chi connectivity index (χ2v) is 6.47. The van der Waals surface area contributed by atoms with Gasteiger partial charge in [-0.3, -0.25) is 9.59 Å². The Morgan fingerprint density at radius 2 is 1.88 bits per heavy atom. The van der Waals surface area contributed by atoms with Crippen molar-refractivity contribution in [2.45, 2.75) is 31.5 Å². The molecule has 3 atom stereocenters. The summed E-state index contributed by atoms with van der Waals surface area (Å²) in [5.74, 6) is -0.313. The first-order chi connectivity index (χ1) is 11.4. The van der Waals surface area contributed by atoms with Crippen molar-refractivity contribution in [1.82, 2.24) is 0 Å². The summed E-state index contributed by atoms with van der Waals surface area (Å²) in [6.45, 7) is 1.81. The van der Waals surface area contributed by atoms with E-state index in [0.29, 0.717) is 12.2 Å². The number of hydrogen-bond acceptors (Lipinski definition) is 6. The van der Waals surface area contributed by atoms with Crippen LogP contribution in [0.2, 0.25) is 5.02 Å². The van der Waals surface area contributed by atoms with Crippen molar-refractivity contribution in [3.8, 4) is 17.2 Å². The molecular weight excluding hydrogens is 336 g/mol. The molecule has 24 heavy (non-hydrogen) atoms. The Kier molecular flexibility index (Phi) is 4.21. The van der Waals surface area contributed by atoms with E-state index in [-0.39, 0.29) is 46.3 Å². The second kappa shape index (κ2) is 5.93. The van der Waals surface area contributed by atoms with E-state index in [4.69, 9.17) is 30.5 Å². The molecular formula is C17H19ClO6. The number of Topliss-reactive ketones (excluding diaryl/α,β-unsaturated/α-hetero) is 2. The Morgan fingerprint density at radius 1 is 1.21 bits per heavy atom. The summed E-state index contributed by atoms with van der Waals surface area (Å²) in [4.78, 5) is 26.0. The van der Waals surface area contributed by atoms with E-state index in [1.807, 2.05) is 6.92 Å². The molecule has 3 rings (SSSR count). The van der Waals surface area contributed by atoms with Crippen LogP contribution in [0.5, 0.6) is 17.2 Å². The largest absolute Gasteiger partial charge is 0.496 e. The van der Waals surface area contributed by atoms with Crippen molar-refractivity contribution in [3.63, 3.8) is 0 Å². The van der Waals surface area contributed by atoms with Gasteiger partial charge in [0.15, 0.2) is 11.5 Å². The summed E-state index contributed by atoms with van der Waals surface area (Å²) in [5.41, 5.74) is -1.37. The summed E-state index contributed by atoms with van der Waals surface area (Å²) in [5, 5.41) is 0.160. The fourth-order valence-electron chi connectivity index (χ4n) is 3.57. The van der Waals surface area contributed by atoms with Gasteiger partial charge in [0.05, 0.1) is 20.3 Å². The highest BCUT2D eigenvalue weighted by Gasteiger charge is 2.61. The first-order valence-electron chi connectivity index (χ1n) is 7.65. The molecule has 1 aromatic rings. The highest BCUT2D eigenvalue weighted by atomic mass is 35.5. The van der Waals surface area contributed by atoms with Gasteiger partial charge >= 0.3 is 0 Å². The summed E-state index contributed by atoms with van der Waals surface area (Å²) in [7, 11) is 4.45. The molecule has 1 spiro atoms. The zero-order chi connectivity index (χ0) is 17.6. The molecule has 2 aliphatic rings. The number of halogens is 1. The molecule has 1 heterocycles. The normalized spacial score (nSPS) is 28.7. The third kappa shape index (κ3) is 2.13. The third-order valence-corrected chi connectivity index (χ3v) is 5.25. The van der Waals surface area contributed by atoms with Gasteiger partial charge in [0.25, 0.3) is 0 Å². The SMILES string of the molecule is COc1cc(OC)c2c(c1Cl)OC1(C(=O)CC(OC)CC1C)C2=O. The van der Waals surface area contributed by atoms with Crippen LogP contribution in [0.25, 0.3) is 0 Å². The lowest BCUT2D eigenvalue weighted by molar-refractivity contribution is -0.142. The Hall–Kier alpha value is -1.79. The quantitative estimate of drug-likeness (QED) is 0.777. The predicted molar refractivity (Wildman–Crippen MR) is 86.4 cm³/mol. The summed E-state index contributed by atoms with van der Waals surface area (Å²) in [6, 6.07) is 1.53. The van der Waals surface area contributed by atoms with Crippen LogP contribution in [0.1, 0.15) is 30.1 Å². The van der Waals surface area contributed by atoms with Crippen LogP contribution in [-0.4, -0.2) is 44.6 Å². The van der Waals surface area contributed by atoms with Gasteiger partial charge in [0.2, 0.25) is 11.4 Å². The lowest BCUT2D eigenvalue weighted by atomic mass is 9.71. The average Bonchev–Trinajstić information content (AvgIpc) is 2.88. The van der Waals surface area contributed by atoms with Gasteiger partial charge in [-0.25, -0.2) is 0 Å². The minimum absolute atomic E-state index is 0.123. The van der Waals surface area contributed by atoms with Crippen LogP contribution in [0.15, 0.2) is 6.07 Å². The van der Waals surface area contributed by atoms with Crippen LogP contribution >= 0.6 is 11.6 Å². The van der Waals surface area contributed by atoms with Gasteiger partial charge in [-0.2, -0.15) is 0 Å². The lowest BCUT2D eigenvalue weighted by Gasteiger charge is -2.38. The predicted octanol–water partition coefficient (Wildman–Crippen LogP) is 2.69. The molecule has 130 valence electrons. The number of hydrogen-bond donors (Lipinski definition) is 0.